The summed E-state index contributed by atoms with van der Waals surface area (Å²) in [6.45, 7) is 1.78. The lowest BCUT2D eigenvalue weighted by atomic mass is 9.89. The fourth-order valence-electron chi connectivity index (χ4n) is 6.00. The van der Waals surface area contributed by atoms with Crippen molar-refractivity contribution in [2.75, 3.05) is 19.6 Å². The van der Waals surface area contributed by atoms with Crippen LogP contribution in [0.15, 0.2) is 48.5 Å². The number of nitrogens with one attached hydrogen (secondary N) is 1. The minimum absolute atomic E-state index is 0.0160. The molecule has 2 amide bonds. The van der Waals surface area contributed by atoms with Gasteiger partial charge >= 0.3 is 12.1 Å². The lowest BCUT2D eigenvalue weighted by Gasteiger charge is -2.31. The van der Waals surface area contributed by atoms with Gasteiger partial charge in [0.1, 0.15) is 17.6 Å². The van der Waals surface area contributed by atoms with E-state index in [4.69, 9.17) is 14.6 Å². The molecular weight excluding hydrogens is 472 g/mol. The third-order valence-electron chi connectivity index (χ3n) is 8.01. The number of aliphatic carboxylic acids is 1. The van der Waals surface area contributed by atoms with E-state index in [9.17, 15) is 14.4 Å². The first-order chi connectivity index (χ1) is 17.9. The number of hydrogen-bond acceptors (Lipinski definition) is 5. The lowest BCUT2D eigenvalue weighted by Crippen LogP contribution is -2.43. The number of carboxylic acids is 1. The van der Waals surface area contributed by atoms with Crippen molar-refractivity contribution >= 4 is 18.0 Å². The molecule has 2 bridgehead atoms. The predicted octanol–water partition coefficient (Wildman–Crippen LogP) is 4.52. The molecule has 0 aromatic heterocycles. The van der Waals surface area contributed by atoms with Gasteiger partial charge in [0.25, 0.3) is 5.91 Å². The Kier molecular flexibility index (Phi) is 7.63. The van der Waals surface area contributed by atoms with Crippen molar-refractivity contribution in [2.45, 2.75) is 51.0 Å². The SMILES string of the molecule is O=C(O)Cc1ccc(OC2CCN(C(=O)Oc3ccc(C(=O)NCC4CC5CCC4C5)cc3)CC2)cc1. The standard InChI is InChI=1S/C29H34N2O6/c32-27(33)17-19-2-7-24(8-3-19)36-26-11-13-31(14-12-26)29(35)37-25-9-5-21(6-10-25)28(34)30-18-23-16-20-1-4-22(23)15-20/h2-3,5-10,20,22-23,26H,1,4,11-18H2,(H,30,34)(H,32,33). The summed E-state index contributed by atoms with van der Waals surface area (Å²) in [5.74, 6) is 2.41. The second-order valence-electron chi connectivity index (χ2n) is 10.6. The molecular formula is C29H34N2O6. The van der Waals surface area contributed by atoms with Crippen LogP contribution < -0.4 is 14.8 Å². The Morgan fingerprint density at radius 1 is 0.892 bits per heavy atom. The third-order valence-corrected chi connectivity index (χ3v) is 8.01. The van der Waals surface area contributed by atoms with Crippen LogP contribution >= 0.6 is 0 Å². The molecule has 1 saturated heterocycles. The van der Waals surface area contributed by atoms with E-state index in [0.717, 1.165) is 23.9 Å². The quantitative estimate of drug-likeness (QED) is 0.545. The van der Waals surface area contributed by atoms with Gasteiger partial charge in [0.2, 0.25) is 0 Å². The fourth-order valence-corrected chi connectivity index (χ4v) is 6.00. The highest BCUT2D eigenvalue weighted by atomic mass is 16.6. The number of carbonyl (C=O) groups excluding carboxylic acids is 2. The second kappa shape index (κ2) is 11.2. The van der Waals surface area contributed by atoms with Crippen LogP contribution in [0.5, 0.6) is 11.5 Å². The normalized spacial score (nSPS) is 23.0. The van der Waals surface area contributed by atoms with Crippen molar-refractivity contribution in [3.05, 3.63) is 59.7 Å². The molecule has 1 aliphatic heterocycles. The highest BCUT2D eigenvalue weighted by molar-refractivity contribution is 5.94. The van der Waals surface area contributed by atoms with Crippen molar-refractivity contribution in [3.8, 4) is 11.5 Å². The number of nitrogens with zero attached hydrogens (tertiary/aromatic N) is 1. The summed E-state index contributed by atoms with van der Waals surface area (Å²) in [6, 6.07) is 13.8. The van der Waals surface area contributed by atoms with Gasteiger partial charge in [-0.2, -0.15) is 0 Å². The van der Waals surface area contributed by atoms with E-state index in [1.54, 1.807) is 53.4 Å². The summed E-state index contributed by atoms with van der Waals surface area (Å²) in [5, 5.41) is 12.0. The van der Waals surface area contributed by atoms with Crippen molar-refractivity contribution in [3.63, 3.8) is 0 Å². The number of piperidine rings is 1. The van der Waals surface area contributed by atoms with Crippen LogP contribution in [0, 0.1) is 17.8 Å². The van der Waals surface area contributed by atoms with E-state index in [2.05, 4.69) is 5.32 Å². The van der Waals surface area contributed by atoms with Crippen LogP contribution in [0.2, 0.25) is 0 Å². The summed E-state index contributed by atoms with van der Waals surface area (Å²) in [7, 11) is 0. The largest absolute Gasteiger partial charge is 0.490 e. The lowest BCUT2D eigenvalue weighted by molar-refractivity contribution is -0.136. The molecule has 3 atom stereocenters. The van der Waals surface area contributed by atoms with E-state index in [0.29, 0.717) is 48.9 Å². The van der Waals surface area contributed by atoms with Crippen molar-refractivity contribution < 1.29 is 29.0 Å². The van der Waals surface area contributed by atoms with E-state index in [1.807, 2.05) is 0 Å². The summed E-state index contributed by atoms with van der Waals surface area (Å²) < 4.78 is 11.5. The molecule has 5 rings (SSSR count). The predicted molar refractivity (Wildman–Crippen MR) is 137 cm³/mol. The molecule has 3 fully saturated rings. The Morgan fingerprint density at radius 3 is 2.22 bits per heavy atom. The van der Waals surface area contributed by atoms with Crippen LogP contribution in [0.4, 0.5) is 4.79 Å². The van der Waals surface area contributed by atoms with Gasteiger partial charge in [-0.3, -0.25) is 9.59 Å². The number of fused-ring (bicyclic) bond motifs is 2. The van der Waals surface area contributed by atoms with Crippen LogP contribution in [-0.4, -0.2) is 53.7 Å². The minimum Gasteiger partial charge on any atom is -0.490 e. The van der Waals surface area contributed by atoms with Gasteiger partial charge in [0, 0.05) is 38.0 Å². The zero-order chi connectivity index (χ0) is 25.8. The average molecular weight is 507 g/mol. The first-order valence-electron chi connectivity index (χ1n) is 13.3. The number of carboxylic acid groups (broad SMARTS) is 1. The molecule has 1 heterocycles. The summed E-state index contributed by atoms with van der Waals surface area (Å²) in [4.78, 5) is 37.6. The molecule has 8 nitrogen and oxygen atoms in total. The smallest absolute Gasteiger partial charge is 0.415 e. The Morgan fingerprint density at radius 2 is 1.59 bits per heavy atom. The number of likely N-dealkylation sites (tertiary alicyclic amines) is 1. The maximum absolute atomic E-state index is 12.6. The Balaban J connectivity index is 1.03. The summed E-state index contributed by atoms with van der Waals surface area (Å²) in [6.07, 6.45) is 6.13. The Labute approximate surface area is 216 Å². The van der Waals surface area contributed by atoms with E-state index < -0.39 is 12.1 Å². The van der Waals surface area contributed by atoms with Crippen LogP contribution in [0.3, 0.4) is 0 Å². The van der Waals surface area contributed by atoms with Gasteiger partial charge in [-0.15, -0.1) is 0 Å². The molecule has 2 saturated carbocycles. The van der Waals surface area contributed by atoms with Gasteiger partial charge in [-0.05, 0) is 79.0 Å². The van der Waals surface area contributed by atoms with Gasteiger partial charge in [0.05, 0.1) is 6.42 Å². The molecule has 2 aliphatic carbocycles. The molecule has 3 unspecified atom stereocenters. The number of benzene rings is 2. The Bertz CT molecular complexity index is 1110. The van der Waals surface area contributed by atoms with Crippen LogP contribution in [-0.2, 0) is 11.2 Å². The maximum Gasteiger partial charge on any atom is 0.415 e. The highest BCUT2D eigenvalue weighted by Crippen LogP contribution is 2.47. The van der Waals surface area contributed by atoms with E-state index in [1.165, 1.54) is 25.7 Å². The molecule has 2 aromatic carbocycles. The van der Waals surface area contributed by atoms with Crippen LogP contribution in [0.1, 0.15) is 54.4 Å². The monoisotopic (exact) mass is 506 g/mol. The first kappa shape index (κ1) is 25.1. The van der Waals surface area contributed by atoms with Crippen LogP contribution in [0.25, 0.3) is 0 Å². The molecule has 0 spiro atoms. The van der Waals surface area contributed by atoms with E-state index in [-0.39, 0.29) is 18.4 Å². The molecule has 2 aromatic rings. The molecule has 3 aliphatic rings. The number of carbonyl (C=O) groups is 3. The Hall–Kier alpha value is -3.55. The maximum atomic E-state index is 12.6. The van der Waals surface area contributed by atoms with Gasteiger partial charge in [0.15, 0.2) is 0 Å². The van der Waals surface area contributed by atoms with E-state index >= 15 is 0 Å². The molecule has 8 heteroatoms. The number of hydrogen-bond donors (Lipinski definition) is 2. The second-order valence-corrected chi connectivity index (χ2v) is 10.6. The zero-order valence-corrected chi connectivity index (χ0v) is 20.9. The van der Waals surface area contributed by atoms with Crippen molar-refractivity contribution in [2.24, 2.45) is 17.8 Å². The first-order valence-corrected chi connectivity index (χ1v) is 13.3. The van der Waals surface area contributed by atoms with Crippen molar-refractivity contribution in [1.82, 2.24) is 10.2 Å². The van der Waals surface area contributed by atoms with Gasteiger partial charge in [-0.25, -0.2) is 4.79 Å². The van der Waals surface area contributed by atoms with Gasteiger partial charge in [-0.1, -0.05) is 18.6 Å². The average Bonchev–Trinajstić information content (AvgIpc) is 3.53. The fraction of sp³-hybridized carbons (Fsp3) is 0.483. The molecule has 0 radical (unpaired) electrons. The number of amides is 2. The zero-order valence-electron chi connectivity index (χ0n) is 20.9. The molecule has 37 heavy (non-hydrogen) atoms. The topological polar surface area (TPSA) is 105 Å². The summed E-state index contributed by atoms with van der Waals surface area (Å²) >= 11 is 0. The molecule has 2 N–H and O–H groups in total. The minimum atomic E-state index is -0.865. The van der Waals surface area contributed by atoms with Crippen molar-refractivity contribution in [1.29, 1.82) is 0 Å². The van der Waals surface area contributed by atoms with Gasteiger partial charge < -0.3 is 24.8 Å². The molecule has 196 valence electrons. The highest BCUT2D eigenvalue weighted by Gasteiger charge is 2.39. The number of rotatable bonds is 8. The third kappa shape index (κ3) is 6.42. The number of ether oxygens (including phenoxy) is 2. The summed E-state index contributed by atoms with van der Waals surface area (Å²) in [5.41, 5.74) is 1.29.